The van der Waals surface area contributed by atoms with E-state index in [1.54, 1.807) is 36.5 Å². The van der Waals surface area contributed by atoms with Gasteiger partial charge < -0.3 is 10.2 Å². The van der Waals surface area contributed by atoms with Gasteiger partial charge in [0.15, 0.2) is 5.78 Å². The zero-order chi connectivity index (χ0) is 17.6. The zero-order valence-corrected chi connectivity index (χ0v) is 14.4. The molecule has 0 aliphatic carbocycles. The number of nitrogens with one attached hydrogen (secondary N) is 1. The number of ketones is 1. The summed E-state index contributed by atoms with van der Waals surface area (Å²) in [6.45, 7) is 3.11. The summed E-state index contributed by atoms with van der Waals surface area (Å²) in [6, 6.07) is 8.73. The van der Waals surface area contributed by atoms with Gasteiger partial charge in [0, 0.05) is 30.5 Å². The van der Waals surface area contributed by atoms with Gasteiger partial charge in [0.1, 0.15) is 5.69 Å². The monoisotopic (exact) mass is 338 g/mol. The summed E-state index contributed by atoms with van der Waals surface area (Å²) < 4.78 is 0. The van der Waals surface area contributed by atoms with E-state index >= 15 is 0 Å². The summed E-state index contributed by atoms with van der Waals surface area (Å²) in [5.74, 6) is 0.350. The van der Waals surface area contributed by atoms with E-state index < -0.39 is 0 Å². The lowest BCUT2D eigenvalue weighted by Gasteiger charge is -2.19. The minimum absolute atomic E-state index is 0.0212. The van der Waals surface area contributed by atoms with Crippen molar-refractivity contribution < 1.29 is 9.59 Å². The molecule has 1 fully saturated rings. The fourth-order valence-electron chi connectivity index (χ4n) is 2.89. The highest BCUT2D eigenvalue weighted by molar-refractivity contribution is 5.94. The van der Waals surface area contributed by atoms with Crippen LogP contribution < -0.4 is 5.32 Å². The number of carbonyl (C=O) groups is 2. The van der Waals surface area contributed by atoms with E-state index in [0.717, 1.165) is 31.6 Å². The van der Waals surface area contributed by atoms with Crippen molar-refractivity contribution in [3.05, 3.63) is 47.8 Å². The van der Waals surface area contributed by atoms with Gasteiger partial charge in [-0.1, -0.05) is 12.8 Å². The van der Waals surface area contributed by atoms with E-state index in [9.17, 15) is 9.59 Å². The second kappa shape index (κ2) is 7.88. The van der Waals surface area contributed by atoms with E-state index in [1.165, 1.54) is 19.8 Å². The van der Waals surface area contributed by atoms with Crippen LogP contribution in [0.1, 0.15) is 53.5 Å². The average molecular weight is 338 g/mol. The Morgan fingerprint density at radius 2 is 1.68 bits per heavy atom. The highest BCUT2D eigenvalue weighted by Gasteiger charge is 2.19. The molecule has 2 heterocycles. The van der Waals surface area contributed by atoms with Gasteiger partial charge in [-0.15, -0.1) is 0 Å². The van der Waals surface area contributed by atoms with Crippen molar-refractivity contribution in [3.63, 3.8) is 0 Å². The van der Waals surface area contributed by atoms with Crippen molar-refractivity contribution >= 4 is 23.3 Å². The fourth-order valence-corrected chi connectivity index (χ4v) is 2.89. The Labute approximate surface area is 147 Å². The topological polar surface area (TPSA) is 75.2 Å². The number of nitrogens with zero attached hydrogens (tertiary/aromatic N) is 3. The summed E-state index contributed by atoms with van der Waals surface area (Å²) >= 11 is 0. The SMILES string of the molecule is CC(=O)c1ccc(Nc2nccc(C(=O)N3CCCCCC3)n2)cc1. The Morgan fingerprint density at radius 3 is 2.32 bits per heavy atom. The minimum atomic E-state index is -0.0423. The molecular weight excluding hydrogens is 316 g/mol. The van der Waals surface area contributed by atoms with Gasteiger partial charge in [0.2, 0.25) is 5.95 Å². The second-order valence-electron chi connectivity index (χ2n) is 6.23. The Kier molecular flexibility index (Phi) is 5.38. The molecule has 6 nitrogen and oxygen atoms in total. The molecule has 0 radical (unpaired) electrons. The second-order valence-corrected chi connectivity index (χ2v) is 6.23. The van der Waals surface area contributed by atoms with Crippen molar-refractivity contribution in [1.82, 2.24) is 14.9 Å². The molecule has 0 unspecified atom stereocenters. The molecule has 3 rings (SSSR count). The molecule has 1 aliphatic rings. The van der Waals surface area contributed by atoms with Crippen molar-refractivity contribution in [2.75, 3.05) is 18.4 Å². The number of likely N-dealkylation sites (tertiary alicyclic amines) is 1. The van der Waals surface area contributed by atoms with Crippen LogP contribution in [0.3, 0.4) is 0 Å². The van der Waals surface area contributed by atoms with Crippen molar-refractivity contribution in [3.8, 4) is 0 Å². The fraction of sp³-hybridized carbons (Fsp3) is 0.368. The van der Waals surface area contributed by atoms with Gasteiger partial charge in [0.05, 0.1) is 0 Å². The molecule has 0 bridgehead atoms. The van der Waals surface area contributed by atoms with Crippen LogP contribution in [-0.2, 0) is 0 Å². The smallest absolute Gasteiger partial charge is 0.272 e. The third-order valence-electron chi connectivity index (χ3n) is 4.32. The number of carbonyl (C=O) groups excluding carboxylic acids is 2. The molecule has 130 valence electrons. The number of anilines is 2. The van der Waals surface area contributed by atoms with Crippen LogP contribution in [0.2, 0.25) is 0 Å². The lowest BCUT2D eigenvalue weighted by Crippen LogP contribution is -2.32. The third-order valence-corrected chi connectivity index (χ3v) is 4.32. The Balaban J connectivity index is 1.72. The van der Waals surface area contributed by atoms with Gasteiger partial charge in [-0.25, -0.2) is 9.97 Å². The number of benzene rings is 1. The number of amides is 1. The largest absolute Gasteiger partial charge is 0.337 e. The van der Waals surface area contributed by atoms with E-state index in [-0.39, 0.29) is 11.7 Å². The van der Waals surface area contributed by atoms with E-state index in [4.69, 9.17) is 0 Å². The van der Waals surface area contributed by atoms with Crippen molar-refractivity contribution in [2.45, 2.75) is 32.6 Å². The lowest BCUT2D eigenvalue weighted by molar-refractivity contribution is 0.0755. The predicted octanol–water partition coefficient (Wildman–Crippen LogP) is 3.44. The molecule has 0 saturated carbocycles. The van der Waals surface area contributed by atoms with E-state index in [1.807, 2.05) is 4.90 Å². The van der Waals surface area contributed by atoms with E-state index in [0.29, 0.717) is 17.2 Å². The van der Waals surface area contributed by atoms with Crippen molar-refractivity contribution in [2.24, 2.45) is 0 Å². The molecule has 1 saturated heterocycles. The maximum atomic E-state index is 12.6. The highest BCUT2D eigenvalue weighted by atomic mass is 16.2. The maximum absolute atomic E-state index is 12.6. The molecule has 1 amide bonds. The highest BCUT2D eigenvalue weighted by Crippen LogP contribution is 2.16. The Bertz CT molecular complexity index is 750. The molecule has 1 aromatic heterocycles. The molecule has 2 aromatic rings. The van der Waals surface area contributed by atoms with Crippen LogP contribution in [0.15, 0.2) is 36.5 Å². The predicted molar refractivity (Wildman–Crippen MR) is 96.1 cm³/mol. The molecular formula is C19H22N4O2. The number of rotatable bonds is 4. The summed E-state index contributed by atoms with van der Waals surface area (Å²) in [4.78, 5) is 34.4. The Hall–Kier alpha value is -2.76. The number of aromatic nitrogens is 2. The van der Waals surface area contributed by atoms with Gasteiger partial charge in [-0.2, -0.15) is 0 Å². The lowest BCUT2D eigenvalue weighted by atomic mass is 10.1. The number of Topliss-reactive ketones (excluding diaryl/α,β-unsaturated/α-hetero) is 1. The van der Waals surface area contributed by atoms with Crippen LogP contribution in [0.5, 0.6) is 0 Å². The van der Waals surface area contributed by atoms with Crippen LogP contribution in [-0.4, -0.2) is 39.6 Å². The van der Waals surface area contributed by atoms with Crippen LogP contribution >= 0.6 is 0 Å². The third kappa shape index (κ3) is 4.41. The summed E-state index contributed by atoms with van der Waals surface area (Å²) in [5.41, 5.74) is 1.82. The van der Waals surface area contributed by atoms with Crippen LogP contribution in [0.4, 0.5) is 11.6 Å². The molecule has 6 heteroatoms. The first-order valence-electron chi connectivity index (χ1n) is 8.64. The average Bonchev–Trinajstić information content (AvgIpc) is 2.91. The minimum Gasteiger partial charge on any atom is -0.337 e. The van der Waals surface area contributed by atoms with Gasteiger partial charge in [-0.05, 0) is 50.1 Å². The summed E-state index contributed by atoms with van der Waals surface area (Å²) in [5, 5.41) is 3.08. The first-order valence-corrected chi connectivity index (χ1v) is 8.64. The molecule has 1 N–H and O–H groups in total. The van der Waals surface area contributed by atoms with Crippen LogP contribution in [0.25, 0.3) is 0 Å². The van der Waals surface area contributed by atoms with Crippen molar-refractivity contribution in [1.29, 1.82) is 0 Å². The van der Waals surface area contributed by atoms with Gasteiger partial charge in [-0.3, -0.25) is 9.59 Å². The quantitative estimate of drug-likeness (QED) is 0.864. The van der Waals surface area contributed by atoms with E-state index in [2.05, 4.69) is 15.3 Å². The standard InChI is InChI=1S/C19H22N4O2/c1-14(24)15-6-8-16(9-7-15)21-19-20-11-10-17(22-19)18(25)23-12-4-2-3-5-13-23/h6-11H,2-5,12-13H2,1H3,(H,20,21,22). The molecule has 1 aliphatic heterocycles. The number of hydrogen-bond donors (Lipinski definition) is 1. The van der Waals surface area contributed by atoms with Gasteiger partial charge >= 0.3 is 0 Å². The first-order chi connectivity index (χ1) is 12.1. The first kappa shape index (κ1) is 17.1. The maximum Gasteiger partial charge on any atom is 0.272 e. The van der Waals surface area contributed by atoms with Gasteiger partial charge in [0.25, 0.3) is 5.91 Å². The zero-order valence-electron chi connectivity index (χ0n) is 14.4. The summed E-state index contributed by atoms with van der Waals surface area (Å²) in [7, 11) is 0. The molecule has 0 spiro atoms. The molecule has 25 heavy (non-hydrogen) atoms. The number of hydrogen-bond acceptors (Lipinski definition) is 5. The Morgan fingerprint density at radius 1 is 1.00 bits per heavy atom. The molecule has 1 aromatic carbocycles. The normalized spacial score (nSPS) is 14.7. The molecule has 0 atom stereocenters. The van der Waals surface area contributed by atoms with Crippen LogP contribution in [0, 0.1) is 0 Å². The summed E-state index contributed by atoms with van der Waals surface area (Å²) in [6.07, 6.45) is 6.03.